The van der Waals surface area contributed by atoms with Gasteiger partial charge in [0.05, 0.1) is 31.9 Å². The predicted molar refractivity (Wildman–Crippen MR) is 56.6 cm³/mol. The van der Waals surface area contributed by atoms with E-state index in [0.29, 0.717) is 6.54 Å². The third kappa shape index (κ3) is 6.33. The zero-order valence-corrected chi connectivity index (χ0v) is 9.59. The Labute approximate surface area is 97.9 Å². The first-order valence-electron chi connectivity index (χ1n) is 5.40. The van der Waals surface area contributed by atoms with E-state index in [4.69, 9.17) is 9.15 Å². The van der Waals surface area contributed by atoms with Crippen LogP contribution >= 0.6 is 0 Å². The molecule has 0 fully saturated rings. The molecule has 0 aliphatic carbocycles. The fourth-order valence-corrected chi connectivity index (χ4v) is 1.28. The van der Waals surface area contributed by atoms with Gasteiger partial charge in [-0.1, -0.05) is 0 Å². The van der Waals surface area contributed by atoms with Crippen LogP contribution in [0, 0.1) is 0 Å². The zero-order chi connectivity index (χ0) is 12.7. The largest absolute Gasteiger partial charge is 0.468 e. The maximum absolute atomic E-state index is 11.8. The van der Waals surface area contributed by atoms with Crippen molar-refractivity contribution in [1.29, 1.82) is 0 Å². The summed E-state index contributed by atoms with van der Waals surface area (Å²) in [5.74, 6) is 0.792. The minimum atomic E-state index is -4.14. The molecule has 0 aliphatic heterocycles. The monoisotopic (exact) mass is 251 g/mol. The van der Waals surface area contributed by atoms with Crippen LogP contribution in [-0.2, 0) is 4.74 Å². The van der Waals surface area contributed by atoms with Crippen molar-refractivity contribution in [2.45, 2.75) is 25.6 Å². The molecule has 1 rings (SSSR count). The first kappa shape index (κ1) is 14.1. The van der Waals surface area contributed by atoms with Gasteiger partial charge < -0.3 is 14.5 Å². The van der Waals surface area contributed by atoms with E-state index in [1.54, 1.807) is 12.3 Å². The van der Waals surface area contributed by atoms with Crippen LogP contribution in [0.4, 0.5) is 13.2 Å². The average molecular weight is 251 g/mol. The molecule has 0 saturated heterocycles. The van der Waals surface area contributed by atoms with E-state index in [1.165, 1.54) is 0 Å². The topological polar surface area (TPSA) is 34.4 Å². The van der Waals surface area contributed by atoms with Crippen LogP contribution in [0.1, 0.15) is 25.1 Å². The van der Waals surface area contributed by atoms with E-state index in [0.717, 1.165) is 5.76 Å². The number of hydrogen-bond acceptors (Lipinski definition) is 3. The summed E-state index contributed by atoms with van der Waals surface area (Å²) in [6, 6.07) is 3.64. The molecule has 1 heterocycles. The van der Waals surface area contributed by atoms with Crippen molar-refractivity contribution in [2.24, 2.45) is 0 Å². The van der Waals surface area contributed by atoms with Gasteiger partial charge >= 0.3 is 6.18 Å². The molecular formula is C11H16F3NO2. The van der Waals surface area contributed by atoms with Crippen molar-refractivity contribution >= 4 is 0 Å². The molecule has 0 spiro atoms. The Morgan fingerprint density at radius 1 is 1.41 bits per heavy atom. The summed E-state index contributed by atoms with van der Waals surface area (Å²) in [6.45, 7) is 2.36. The highest BCUT2D eigenvalue weighted by atomic mass is 19.4. The molecule has 1 aromatic heterocycles. The van der Waals surface area contributed by atoms with Gasteiger partial charge in [0.1, 0.15) is 5.76 Å². The number of rotatable bonds is 7. The molecule has 0 bridgehead atoms. The maximum Gasteiger partial charge on any atom is 0.391 e. The molecule has 3 nitrogen and oxygen atoms in total. The number of furan rings is 1. The van der Waals surface area contributed by atoms with Crippen molar-refractivity contribution < 1.29 is 22.3 Å². The first-order chi connectivity index (χ1) is 7.99. The average Bonchev–Trinajstić information content (AvgIpc) is 2.74. The fraction of sp³-hybridized carbons (Fsp3) is 0.636. The van der Waals surface area contributed by atoms with E-state index in [-0.39, 0.29) is 19.3 Å². The Balaban J connectivity index is 2.01. The predicted octanol–water partition coefficient (Wildman–Crippen LogP) is 2.90. The van der Waals surface area contributed by atoms with Crippen LogP contribution in [-0.4, -0.2) is 25.9 Å². The molecule has 1 atom stereocenters. The second kappa shape index (κ2) is 6.66. The quantitative estimate of drug-likeness (QED) is 0.757. The molecule has 98 valence electrons. The van der Waals surface area contributed by atoms with Gasteiger partial charge in [-0.25, -0.2) is 0 Å². The van der Waals surface area contributed by atoms with Crippen molar-refractivity contribution in [3.63, 3.8) is 0 Å². The number of halogens is 3. The minimum absolute atomic E-state index is 0.0243. The molecule has 0 aliphatic rings. The molecule has 0 saturated carbocycles. The molecular weight excluding hydrogens is 235 g/mol. The van der Waals surface area contributed by atoms with Gasteiger partial charge in [-0.05, 0) is 19.1 Å². The SMILES string of the molecule is CC(NCCOCCC(F)(F)F)c1ccco1. The van der Waals surface area contributed by atoms with Gasteiger partial charge in [0, 0.05) is 6.54 Å². The normalized spacial score (nSPS) is 13.9. The van der Waals surface area contributed by atoms with Crippen LogP contribution in [0.2, 0.25) is 0 Å². The van der Waals surface area contributed by atoms with Crippen molar-refractivity contribution in [3.05, 3.63) is 24.2 Å². The second-order valence-electron chi connectivity index (χ2n) is 3.67. The van der Waals surface area contributed by atoms with E-state index < -0.39 is 12.6 Å². The van der Waals surface area contributed by atoms with Crippen molar-refractivity contribution in [1.82, 2.24) is 5.32 Å². The maximum atomic E-state index is 11.8. The molecule has 1 aromatic rings. The molecule has 0 aromatic carbocycles. The third-order valence-corrected chi connectivity index (χ3v) is 2.20. The number of hydrogen-bond donors (Lipinski definition) is 1. The van der Waals surface area contributed by atoms with Gasteiger partial charge in [0.2, 0.25) is 0 Å². The van der Waals surface area contributed by atoms with Crippen molar-refractivity contribution in [3.8, 4) is 0 Å². The van der Waals surface area contributed by atoms with Crippen LogP contribution in [0.15, 0.2) is 22.8 Å². The Hall–Kier alpha value is -1.01. The van der Waals surface area contributed by atoms with Gasteiger partial charge in [0.25, 0.3) is 0 Å². The van der Waals surface area contributed by atoms with E-state index in [1.807, 2.05) is 13.0 Å². The van der Waals surface area contributed by atoms with E-state index >= 15 is 0 Å². The van der Waals surface area contributed by atoms with Gasteiger partial charge in [-0.3, -0.25) is 0 Å². The summed E-state index contributed by atoms with van der Waals surface area (Å²) in [6.07, 6.45) is -3.47. The highest BCUT2D eigenvalue weighted by Gasteiger charge is 2.26. The summed E-state index contributed by atoms with van der Waals surface area (Å²) in [5.41, 5.74) is 0. The fourth-order valence-electron chi connectivity index (χ4n) is 1.28. The number of alkyl halides is 3. The second-order valence-corrected chi connectivity index (χ2v) is 3.67. The Kier molecular flexibility index (Phi) is 5.50. The summed E-state index contributed by atoms with van der Waals surface area (Å²) >= 11 is 0. The lowest BCUT2D eigenvalue weighted by Gasteiger charge is -2.11. The standard InChI is InChI=1S/C11H16F3NO2/c1-9(10-3-2-6-17-10)15-5-8-16-7-4-11(12,13)14/h2-3,6,9,15H,4-5,7-8H2,1H3. The van der Waals surface area contributed by atoms with Crippen LogP contribution in [0.25, 0.3) is 0 Å². The minimum Gasteiger partial charge on any atom is -0.468 e. The van der Waals surface area contributed by atoms with Crippen molar-refractivity contribution in [2.75, 3.05) is 19.8 Å². The van der Waals surface area contributed by atoms with Crippen LogP contribution in [0.3, 0.4) is 0 Å². The summed E-state index contributed by atoms with van der Waals surface area (Å²) < 4.78 is 45.3. The van der Waals surface area contributed by atoms with Crippen LogP contribution in [0.5, 0.6) is 0 Å². The third-order valence-electron chi connectivity index (χ3n) is 2.20. The number of nitrogens with one attached hydrogen (secondary N) is 1. The molecule has 0 amide bonds. The Bertz CT molecular complexity index is 298. The Morgan fingerprint density at radius 2 is 2.18 bits per heavy atom. The lowest BCUT2D eigenvalue weighted by Crippen LogP contribution is -2.23. The first-order valence-corrected chi connectivity index (χ1v) is 5.40. The van der Waals surface area contributed by atoms with E-state index in [9.17, 15) is 13.2 Å². The highest BCUT2D eigenvalue weighted by molar-refractivity contribution is 5.02. The van der Waals surface area contributed by atoms with Gasteiger partial charge in [0.15, 0.2) is 0 Å². The molecule has 17 heavy (non-hydrogen) atoms. The van der Waals surface area contributed by atoms with Gasteiger partial charge in [-0.2, -0.15) is 13.2 Å². The summed E-state index contributed by atoms with van der Waals surface area (Å²) in [5, 5.41) is 3.08. The smallest absolute Gasteiger partial charge is 0.391 e. The summed E-state index contributed by atoms with van der Waals surface area (Å²) in [7, 11) is 0. The zero-order valence-electron chi connectivity index (χ0n) is 9.59. The molecule has 6 heteroatoms. The summed E-state index contributed by atoms with van der Waals surface area (Å²) in [4.78, 5) is 0. The number of ether oxygens (including phenoxy) is 1. The molecule has 1 N–H and O–H groups in total. The lowest BCUT2D eigenvalue weighted by atomic mass is 10.2. The van der Waals surface area contributed by atoms with E-state index in [2.05, 4.69) is 5.32 Å². The molecule has 0 radical (unpaired) electrons. The highest BCUT2D eigenvalue weighted by Crippen LogP contribution is 2.18. The Morgan fingerprint density at radius 3 is 2.76 bits per heavy atom. The van der Waals surface area contributed by atoms with Gasteiger partial charge in [-0.15, -0.1) is 0 Å². The lowest BCUT2D eigenvalue weighted by molar-refractivity contribution is -0.145. The molecule has 1 unspecified atom stereocenters. The van der Waals surface area contributed by atoms with Crippen LogP contribution < -0.4 is 5.32 Å².